The summed E-state index contributed by atoms with van der Waals surface area (Å²) >= 11 is 0. The van der Waals surface area contributed by atoms with E-state index in [1.54, 1.807) is 0 Å². The van der Waals surface area contributed by atoms with Crippen molar-refractivity contribution < 1.29 is 13.9 Å². The fourth-order valence-electron chi connectivity index (χ4n) is 6.93. The number of carbonyl (C=O) groups excluding carboxylic acids is 1. The van der Waals surface area contributed by atoms with E-state index in [-0.39, 0.29) is 5.78 Å². The van der Waals surface area contributed by atoms with Crippen LogP contribution < -0.4 is 15.0 Å². The normalized spacial score (nSPS) is 17.3. The summed E-state index contributed by atoms with van der Waals surface area (Å²) < 4.78 is 22.9. The van der Waals surface area contributed by atoms with Crippen LogP contribution >= 0.6 is 0 Å². The number of piperazine rings is 1. The maximum Gasteiger partial charge on any atom is 0.195 e. The van der Waals surface area contributed by atoms with Gasteiger partial charge in [0, 0.05) is 68.7 Å². The number of benzene rings is 3. The van der Waals surface area contributed by atoms with Gasteiger partial charge in [-0.05, 0) is 86.1 Å². The van der Waals surface area contributed by atoms with E-state index in [1.807, 2.05) is 24.9 Å². The molecule has 1 aliphatic carbocycles. The highest BCUT2D eigenvalue weighted by Crippen LogP contribution is 2.45. The molecule has 6 nitrogen and oxygen atoms in total. The summed E-state index contributed by atoms with van der Waals surface area (Å²) in [6.07, 6.45) is 6.15. The molecule has 0 radical (unpaired) electrons. The highest BCUT2D eigenvalue weighted by atomic mass is 19.1. The van der Waals surface area contributed by atoms with Gasteiger partial charge in [0.1, 0.15) is 11.4 Å². The largest absolute Gasteiger partial charge is 0.454 e. The van der Waals surface area contributed by atoms with Gasteiger partial charge in [0.15, 0.2) is 17.3 Å². The number of fused-ring (bicyclic) bond motifs is 6. The molecule has 242 valence electrons. The predicted molar refractivity (Wildman–Crippen MR) is 186 cm³/mol. The summed E-state index contributed by atoms with van der Waals surface area (Å²) in [6.45, 7) is 15.0. The first kappa shape index (κ1) is 32.0. The van der Waals surface area contributed by atoms with E-state index >= 15 is 4.39 Å². The average molecular weight is 623 g/mol. The monoisotopic (exact) mass is 622 g/mol. The van der Waals surface area contributed by atoms with Crippen molar-refractivity contribution in [3.05, 3.63) is 100 Å². The zero-order valence-electron chi connectivity index (χ0n) is 27.8. The van der Waals surface area contributed by atoms with Crippen molar-refractivity contribution >= 4 is 11.5 Å². The van der Waals surface area contributed by atoms with E-state index < -0.39 is 5.82 Å². The Labute approximate surface area is 273 Å². The fourth-order valence-corrected chi connectivity index (χ4v) is 6.93. The Morgan fingerprint density at radius 2 is 1.80 bits per heavy atom. The predicted octanol–water partition coefficient (Wildman–Crippen LogP) is 7.14. The molecule has 3 aliphatic rings. The Morgan fingerprint density at radius 3 is 2.59 bits per heavy atom. The molecule has 0 atom stereocenters. The summed E-state index contributed by atoms with van der Waals surface area (Å²) in [5, 5.41) is 3.43. The molecule has 0 spiro atoms. The van der Waals surface area contributed by atoms with Crippen LogP contribution in [0.25, 0.3) is 11.1 Å². The summed E-state index contributed by atoms with van der Waals surface area (Å²) in [5.41, 5.74) is 8.23. The van der Waals surface area contributed by atoms with Crippen LogP contribution in [0.15, 0.2) is 66.4 Å². The van der Waals surface area contributed by atoms with Crippen LogP contribution in [0, 0.1) is 12.7 Å². The minimum atomic E-state index is -0.457. The molecule has 0 aromatic heterocycles. The van der Waals surface area contributed by atoms with Crippen LogP contribution in [-0.2, 0) is 12.8 Å². The van der Waals surface area contributed by atoms with Crippen molar-refractivity contribution in [3.8, 4) is 22.6 Å². The number of unbranched alkanes of at least 4 members (excludes halogenated alkanes) is 1. The third-order valence-electron chi connectivity index (χ3n) is 9.80. The van der Waals surface area contributed by atoms with Gasteiger partial charge in [-0.15, -0.1) is 0 Å². The van der Waals surface area contributed by atoms with Gasteiger partial charge in [-0.3, -0.25) is 4.79 Å². The van der Waals surface area contributed by atoms with Gasteiger partial charge in [-0.2, -0.15) is 0 Å². The Balaban J connectivity index is 1.36. The maximum absolute atomic E-state index is 16.1. The summed E-state index contributed by atoms with van der Waals surface area (Å²) in [5.74, 6) is 0.399. The molecule has 3 aromatic rings. The Bertz CT molecular complexity index is 1670. The van der Waals surface area contributed by atoms with Gasteiger partial charge in [-0.25, -0.2) is 4.39 Å². The summed E-state index contributed by atoms with van der Waals surface area (Å²) in [4.78, 5) is 21.0. The lowest BCUT2D eigenvalue weighted by Gasteiger charge is -2.32. The molecule has 2 aliphatic heterocycles. The SMILES string of the molecule is C=C(NCCCN1CCN(C)CC1)/C1=C/Cc2cc3c(cc2Oc2c(C)c(cc(F)c2N(C)CCCC)C1=O)-c1ccccc1C3. The number of rotatable bonds is 10. The first-order valence-electron chi connectivity index (χ1n) is 16.8. The Morgan fingerprint density at radius 1 is 1.02 bits per heavy atom. The molecule has 1 fully saturated rings. The van der Waals surface area contributed by atoms with Crippen LogP contribution in [0.4, 0.5) is 10.1 Å². The van der Waals surface area contributed by atoms with Gasteiger partial charge >= 0.3 is 0 Å². The number of nitrogens with zero attached hydrogens (tertiary/aromatic N) is 3. The molecule has 7 heteroatoms. The van der Waals surface area contributed by atoms with Crippen molar-refractivity contribution in [2.45, 2.75) is 46.0 Å². The fraction of sp³-hybridized carbons (Fsp3) is 0.410. The number of anilines is 1. The Hall–Kier alpha value is -3.94. The van der Waals surface area contributed by atoms with Gasteiger partial charge in [0.05, 0.1) is 0 Å². The highest BCUT2D eigenvalue weighted by molar-refractivity contribution is 6.13. The third-order valence-corrected chi connectivity index (χ3v) is 9.80. The van der Waals surface area contributed by atoms with Crippen molar-refractivity contribution in [2.24, 2.45) is 0 Å². The number of likely N-dealkylation sites (N-methyl/N-ethyl adjacent to an activating group) is 1. The number of allylic oxidation sites excluding steroid dienone is 2. The molecular formula is C39H47FN4O2. The topological polar surface area (TPSA) is 48.0 Å². The van der Waals surface area contributed by atoms with E-state index in [1.165, 1.54) is 22.8 Å². The molecule has 6 rings (SSSR count). The Kier molecular flexibility index (Phi) is 9.62. The quantitative estimate of drug-likeness (QED) is 0.190. The number of halogens is 1. The number of nitrogens with one attached hydrogen (secondary N) is 1. The summed E-state index contributed by atoms with van der Waals surface area (Å²) in [6, 6.07) is 14.2. The van der Waals surface area contributed by atoms with Gasteiger partial charge in [0.2, 0.25) is 0 Å². The maximum atomic E-state index is 16.1. The molecule has 1 saturated heterocycles. The molecule has 3 aromatic carbocycles. The lowest BCUT2D eigenvalue weighted by atomic mass is 9.92. The number of Topliss-reactive ketones (excluding diaryl/α,β-unsaturated/α-hetero) is 1. The van der Waals surface area contributed by atoms with Crippen LogP contribution in [0.1, 0.15) is 58.8 Å². The standard InChI is InChI=1S/C39H47FN4O2/c1-6-7-16-43(5)37-35(40)24-33-26(2)39(37)46-36-25-34-30(22-28-11-8-9-12-32(28)34)23-29(36)13-14-31(38(33)45)27(3)41-15-10-17-44-20-18-42(4)19-21-44/h8-9,11-12,14,23-25,41H,3,6-7,10,13,15-22H2,1-2,4-5H3/b31-14-. The van der Waals surface area contributed by atoms with Gasteiger partial charge < -0.3 is 24.8 Å². The lowest BCUT2D eigenvalue weighted by molar-refractivity contribution is 0.103. The smallest absolute Gasteiger partial charge is 0.195 e. The number of hydrogen-bond acceptors (Lipinski definition) is 6. The second-order valence-corrected chi connectivity index (χ2v) is 13.1. The van der Waals surface area contributed by atoms with E-state index in [4.69, 9.17) is 4.74 Å². The van der Waals surface area contributed by atoms with Crippen molar-refractivity contribution in [1.82, 2.24) is 15.1 Å². The van der Waals surface area contributed by atoms with Crippen LogP contribution in [0.3, 0.4) is 0 Å². The van der Waals surface area contributed by atoms with Crippen LogP contribution in [0.5, 0.6) is 11.5 Å². The van der Waals surface area contributed by atoms with Crippen LogP contribution in [-0.4, -0.2) is 75.5 Å². The summed E-state index contributed by atoms with van der Waals surface area (Å²) in [7, 11) is 4.06. The van der Waals surface area contributed by atoms with E-state index in [2.05, 4.69) is 72.1 Å². The first-order chi connectivity index (χ1) is 22.2. The first-order valence-corrected chi connectivity index (χ1v) is 16.8. The molecule has 0 saturated carbocycles. The number of carbonyl (C=O) groups is 1. The molecule has 1 N–H and O–H groups in total. The molecule has 2 bridgehead atoms. The second kappa shape index (κ2) is 13.8. The average Bonchev–Trinajstić information content (AvgIpc) is 3.41. The molecule has 2 heterocycles. The molecule has 0 amide bonds. The third kappa shape index (κ3) is 6.49. The number of ether oxygens (including phenoxy) is 1. The zero-order chi connectivity index (χ0) is 32.4. The minimum absolute atomic E-state index is 0.238. The van der Waals surface area contributed by atoms with Crippen molar-refractivity contribution in [2.75, 3.05) is 64.8 Å². The van der Waals surface area contributed by atoms with E-state index in [9.17, 15) is 4.79 Å². The number of ketones is 1. The van der Waals surface area contributed by atoms with Crippen molar-refractivity contribution in [3.63, 3.8) is 0 Å². The van der Waals surface area contributed by atoms with E-state index in [0.29, 0.717) is 59.1 Å². The zero-order valence-corrected chi connectivity index (χ0v) is 27.8. The number of hydrogen-bond donors (Lipinski definition) is 1. The lowest BCUT2D eigenvalue weighted by Crippen LogP contribution is -2.45. The van der Waals surface area contributed by atoms with E-state index in [0.717, 1.165) is 69.5 Å². The minimum Gasteiger partial charge on any atom is -0.454 e. The van der Waals surface area contributed by atoms with Crippen LogP contribution in [0.2, 0.25) is 0 Å². The molecule has 0 unspecified atom stereocenters. The molecular weight excluding hydrogens is 575 g/mol. The second-order valence-electron chi connectivity index (χ2n) is 13.1. The molecule has 46 heavy (non-hydrogen) atoms. The highest BCUT2D eigenvalue weighted by Gasteiger charge is 2.29. The van der Waals surface area contributed by atoms with Crippen molar-refractivity contribution in [1.29, 1.82) is 0 Å². The van der Waals surface area contributed by atoms with Gasteiger partial charge in [0.25, 0.3) is 0 Å². The van der Waals surface area contributed by atoms with Gasteiger partial charge in [-0.1, -0.05) is 56.3 Å².